The van der Waals surface area contributed by atoms with E-state index in [1.54, 1.807) is 4.68 Å². The van der Waals surface area contributed by atoms with Crippen molar-refractivity contribution in [1.82, 2.24) is 19.7 Å². The van der Waals surface area contributed by atoms with Crippen molar-refractivity contribution >= 4 is 5.82 Å². The molecule has 8 heteroatoms. The molecule has 2 aliphatic rings. The van der Waals surface area contributed by atoms with Crippen LogP contribution in [0.5, 0.6) is 0 Å². The van der Waals surface area contributed by atoms with Gasteiger partial charge in [0.05, 0.1) is 24.3 Å². The Morgan fingerprint density at radius 3 is 2.41 bits per heavy atom. The molecule has 0 unspecified atom stereocenters. The molecule has 2 aliphatic heterocycles. The van der Waals surface area contributed by atoms with E-state index in [2.05, 4.69) is 20.0 Å². The molecule has 0 atom stereocenters. The van der Waals surface area contributed by atoms with Gasteiger partial charge >= 0.3 is 0 Å². The Morgan fingerprint density at radius 1 is 1.03 bits per heavy atom. The first-order valence-corrected chi connectivity index (χ1v) is 9.59. The van der Waals surface area contributed by atoms with Crippen molar-refractivity contribution < 1.29 is 13.5 Å². The predicted octanol–water partition coefficient (Wildman–Crippen LogP) is 2.98. The van der Waals surface area contributed by atoms with Crippen LogP contribution in [0.3, 0.4) is 0 Å². The minimum atomic E-state index is -0.599. The summed E-state index contributed by atoms with van der Waals surface area (Å²) in [5.41, 5.74) is 2.45. The Bertz CT molecular complexity index is 1080. The average Bonchev–Trinajstić information content (AvgIpc) is 2.93. The highest BCUT2D eigenvalue weighted by Crippen LogP contribution is 2.39. The van der Waals surface area contributed by atoms with Crippen molar-refractivity contribution in [2.45, 2.75) is 20.3 Å². The van der Waals surface area contributed by atoms with Crippen LogP contribution in [0.1, 0.15) is 22.8 Å². The highest BCUT2D eigenvalue weighted by atomic mass is 19.1. The van der Waals surface area contributed by atoms with Gasteiger partial charge in [0.1, 0.15) is 23.3 Å². The van der Waals surface area contributed by atoms with Crippen LogP contribution in [0, 0.1) is 30.9 Å². The molecule has 5 rings (SSSR count). The molecule has 29 heavy (non-hydrogen) atoms. The molecular formula is C21H21F2N5O. The van der Waals surface area contributed by atoms with Crippen molar-refractivity contribution in [3.63, 3.8) is 0 Å². The Hall–Kier alpha value is -2.87. The summed E-state index contributed by atoms with van der Waals surface area (Å²) in [6.45, 7) is 7.22. The van der Waals surface area contributed by atoms with Crippen LogP contribution < -0.4 is 4.90 Å². The van der Waals surface area contributed by atoms with E-state index in [9.17, 15) is 8.78 Å². The highest BCUT2D eigenvalue weighted by Gasteiger charge is 2.49. The third-order valence-corrected chi connectivity index (χ3v) is 5.53. The average molecular weight is 397 g/mol. The number of hydrogen-bond acceptors (Lipinski definition) is 5. The molecule has 0 bridgehead atoms. The van der Waals surface area contributed by atoms with Crippen LogP contribution in [-0.2, 0) is 11.2 Å². The molecule has 150 valence electrons. The number of nitrogens with zero attached hydrogens (tertiary/aromatic N) is 5. The van der Waals surface area contributed by atoms with E-state index in [-0.39, 0.29) is 11.8 Å². The summed E-state index contributed by atoms with van der Waals surface area (Å²) in [5, 5.41) is 4.52. The van der Waals surface area contributed by atoms with E-state index in [0.717, 1.165) is 49.6 Å². The molecule has 4 heterocycles. The normalized spacial score (nSPS) is 17.3. The topological polar surface area (TPSA) is 56.1 Å². The number of benzene rings is 1. The lowest BCUT2D eigenvalue weighted by Crippen LogP contribution is -2.66. The predicted molar refractivity (Wildman–Crippen MR) is 103 cm³/mol. The summed E-state index contributed by atoms with van der Waals surface area (Å²) in [6.07, 6.45) is 0.175. The number of aromatic nitrogens is 4. The van der Waals surface area contributed by atoms with E-state index in [1.165, 1.54) is 12.1 Å². The number of rotatable bonds is 4. The maximum atomic E-state index is 14.2. The van der Waals surface area contributed by atoms with Crippen LogP contribution in [0.25, 0.3) is 5.82 Å². The smallest absolute Gasteiger partial charge is 0.159 e. The summed E-state index contributed by atoms with van der Waals surface area (Å²) in [6, 6.07) is 7.46. The molecule has 0 N–H and O–H groups in total. The summed E-state index contributed by atoms with van der Waals surface area (Å²) in [7, 11) is 0. The van der Waals surface area contributed by atoms with Gasteiger partial charge in [-0.3, -0.25) is 0 Å². The molecule has 1 spiro atoms. The first kappa shape index (κ1) is 18.2. The van der Waals surface area contributed by atoms with Gasteiger partial charge in [-0.25, -0.2) is 23.4 Å². The zero-order valence-corrected chi connectivity index (χ0v) is 16.3. The second kappa shape index (κ2) is 6.59. The highest BCUT2D eigenvalue weighted by molar-refractivity contribution is 5.49. The minimum absolute atomic E-state index is 0.175. The van der Waals surface area contributed by atoms with Gasteiger partial charge < -0.3 is 9.64 Å². The lowest BCUT2D eigenvalue weighted by Gasteiger charge is -2.55. The second-order valence-electron chi connectivity index (χ2n) is 8.10. The maximum absolute atomic E-state index is 14.2. The van der Waals surface area contributed by atoms with Crippen molar-refractivity contribution in [1.29, 1.82) is 0 Å². The lowest BCUT2D eigenvalue weighted by molar-refractivity contribution is -0.127. The van der Waals surface area contributed by atoms with Gasteiger partial charge in [0.15, 0.2) is 5.82 Å². The molecule has 3 aromatic rings. The third kappa shape index (κ3) is 3.27. The second-order valence-corrected chi connectivity index (χ2v) is 8.10. The molecule has 0 saturated carbocycles. The minimum Gasteiger partial charge on any atom is -0.380 e. The third-order valence-electron chi connectivity index (χ3n) is 5.53. The Balaban J connectivity index is 1.52. The molecule has 1 aromatic carbocycles. The Morgan fingerprint density at radius 2 is 1.79 bits per heavy atom. The summed E-state index contributed by atoms with van der Waals surface area (Å²) in [5.74, 6) is 0.710. The summed E-state index contributed by atoms with van der Waals surface area (Å²) >= 11 is 0. The van der Waals surface area contributed by atoms with Crippen LogP contribution in [0.2, 0.25) is 0 Å². The largest absolute Gasteiger partial charge is 0.380 e. The number of anilines is 1. The van der Waals surface area contributed by atoms with E-state index >= 15 is 0 Å². The number of aryl methyl sites for hydroxylation is 2. The molecular weight excluding hydrogens is 376 g/mol. The van der Waals surface area contributed by atoms with Gasteiger partial charge in [0.2, 0.25) is 0 Å². The number of hydrogen-bond donors (Lipinski definition) is 0. The van der Waals surface area contributed by atoms with Gasteiger partial charge in [-0.15, -0.1) is 0 Å². The standard InChI is InChI=1S/C21H21F2N5O/c1-13-5-14(2)28(26-13)20-8-19(27-9-21(10-27)11-29-12-21)24-18(25-20)6-15-3-4-16(22)7-17(15)23/h3-5,7-8H,6,9-12H2,1-2H3. The van der Waals surface area contributed by atoms with Gasteiger partial charge in [-0.2, -0.15) is 5.10 Å². The Kier molecular flexibility index (Phi) is 4.13. The van der Waals surface area contributed by atoms with E-state index in [1.807, 2.05) is 26.0 Å². The lowest BCUT2D eigenvalue weighted by atomic mass is 9.78. The van der Waals surface area contributed by atoms with Gasteiger partial charge in [0.25, 0.3) is 0 Å². The van der Waals surface area contributed by atoms with Gasteiger partial charge in [-0.1, -0.05) is 6.07 Å². The monoisotopic (exact) mass is 397 g/mol. The zero-order valence-electron chi connectivity index (χ0n) is 16.3. The van der Waals surface area contributed by atoms with E-state index < -0.39 is 11.6 Å². The quantitative estimate of drug-likeness (QED) is 0.678. The number of halogens is 2. The van der Waals surface area contributed by atoms with Crippen molar-refractivity contribution in [3.8, 4) is 5.82 Å². The van der Waals surface area contributed by atoms with Crippen molar-refractivity contribution in [3.05, 3.63) is 64.7 Å². The van der Waals surface area contributed by atoms with E-state index in [0.29, 0.717) is 17.2 Å². The van der Waals surface area contributed by atoms with Gasteiger partial charge in [-0.05, 0) is 31.5 Å². The SMILES string of the molecule is Cc1cc(C)n(-c2cc(N3CC4(COC4)C3)nc(Cc3ccc(F)cc3F)n2)n1. The fraction of sp³-hybridized carbons (Fsp3) is 0.381. The molecule has 6 nitrogen and oxygen atoms in total. The Labute approximate surface area is 167 Å². The van der Waals surface area contributed by atoms with Crippen molar-refractivity contribution in [2.24, 2.45) is 5.41 Å². The van der Waals surface area contributed by atoms with Crippen LogP contribution in [0.4, 0.5) is 14.6 Å². The fourth-order valence-corrected chi connectivity index (χ4v) is 4.01. The van der Waals surface area contributed by atoms with Crippen LogP contribution >= 0.6 is 0 Å². The molecule has 2 saturated heterocycles. The molecule has 2 aromatic heterocycles. The van der Waals surface area contributed by atoms with Crippen LogP contribution in [0.15, 0.2) is 30.3 Å². The molecule has 0 aliphatic carbocycles. The first-order chi connectivity index (χ1) is 13.9. The summed E-state index contributed by atoms with van der Waals surface area (Å²) < 4.78 is 34.6. The fourth-order valence-electron chi connectivity index (χ4n) is 4.01. The zero-order chi connectivity index (χ0) is 20.2. The van der Waals surface area contributed by atoms with Crippen LogP contribution in [-0.4, -0.2) is 46.1 Å². The maximum Gasteiger partial charge on any atom is 0.159 e. The van der Waals surface area contributed by atoms with E-state index in [4.69, 9.17) is 4.74 Å². The summed E-state index contributed by atoms with van der Waals surface area (Å²) in [4.78, 5) is 11.5. The molecule has 0 radical (unpaired) electrons. The molecule has 0 amide bonds. The van der Waals surface area contributed by atoms with Crippen molar-refractivity contribution in [2.75, 3.05) is 31.2 Å². The number of ether oxygens (including phenoxy) is 1. The molecule has 2 fully saturated rings. The first-order valence-electron chi connectivity index (χ1n) is 9.59. The van der Waals surface area contributed by atoms with Gasteiger partial charge in [0, 0.05) is 37.3 Å².